The van der Waals surface area contributed by atoms with Crippen molar-refractivity contribution in [2.45, 2.75) is 32.2 Å². The van der Waals surface area contributed by atoms with E-state index in [0.717, 1.165) is 24.1 Å². The molecule has 1 aliphatic carbocycles. The molecular formula is C11H14N2O2. The Labute approximate surface area is 88.2 Å². The molecule has 0 atom stereocenters. The second-order valence-corrected chi connectivity index (χ2v) is 4.15. The van der Waals surface area contributed by atoms with Crippen LogP contribution in [0.2, 0.25) is 0 Å². The summed E-state index contributed by atoms with van der Waals surface area (Å²) in [5.74, 6) is -0.440. The topological polar surface area (TPSA) is 55.1 Å². The minimum Gasteiger partial charge on any atom is -0.477 e. The molecule has 1 aliphatic rings. The summed E-state index contributed by atoms with van der Waals surface area (Å²) in [6.07, 6.45) is 2.26. The van der Waals surface area contributed by atoms with Gasteiger partial charge in [-0.25, -0.2) is 4.79 Å². The van der Waals surface area contributed by atoms with E-state index in [2.05, 4.69) is 11.7 Å². The number of aromatic carboxylic acids is 1. The smallest absolute Gasteiger partial charge is 0.354 e. The summed E-state index contributed by atoms with van der Waals surface area (Å²) in [6, 6.07) is 1.68. The zero-order chi connectivity index (χ0) is 11.0. The van der Waals surface area contributed by atoms with Crippen LogP contribution in [-0.4, -0.2) is 20.9 Å². The highest BCUT2D eigenvalue weighted by Gasteiger charge is 2.28. The molecule has 1 aromatic heterocycles. The summed E-state index contributed by atoms with van der Waals surface area (Å²) in [5.41, 5.74) is 2.08. The molecule has 0 spiro atoms. The Balaban J connectivity index is 2.32. The van der Waals surface area contributed by atoms with Crippen molar-refractivity contribution in [1.29, 1.82) is 0 Å². The summed E-state index contributed by atoms with van der Waals surface area (Å²) < 4.78 is 1.53. The molecule has 0 unspecified atom stereocenters. The Hall–Kier alpha value is -1.58. The Morgan fingerprint density at radius 2 is 2.40 bits per heavy atom. The third-order valence-electron chi connectivity index (χ3n) is 2.43. The van der Waals surface area contributed by atoms with Crippen LogP contribution < -0.4 is 0 Å². The normalized spacial score (nSPS) is 15.3. The first-order valence-corrected chi connectivity index (χ1v) is 5.03. The standard InChI is InChI=1S/C11H14N2O2/c1-7(2)6-13-10(11(14)15)5-9(12-13)8-3-4-8/h5,8H,1,3-4,6H2,2H3,(H,14,15). The maximum absolute atomic E-state index is 11.0. The summed E-state index contributed by atoms with van der Waals surface area (Å²) in [7, 11) is 0. The van der Waals surface area contributed by atoms with Crippen LogP contribution in [0.5, 0.6) is 0 Å². The van der Waals surface area contributed by atoms with Gasteiger partial charge in [0.25, 0.3) is 0 Å². The number of hydrogen-bond acceptors (Lipinski definition) is 2. The predicted molar refractivity (Wildman–Crippen MR) is 56.0 cm³/mol. The highest BCUT2D eigenvalue weighted by molar-refractivity contribution is 5.85. The molecule has 80 valence electrons. The molecule has 1 aromatic rings. The summed E-state index contributed by atoms with van der Waals surface area (Å²) in [6.45, 7) is 6.11. The van der Waals surface area contributed by atoms with Crippen LogP contribution in [0.25, 0.3) is 0 Å². The Bertz CT molecular complexity index is 416. The highest BCUT2D eigenvalue weighted by Crippen LogP contribution is 2.39. The van der Waals surface area contributed by atoms with Crippen molar-refractivity contribution in [3.05, 3.63) is 29.6 Å². The van der Waals surface area contributed by atoms with Gasteiger partial charge in [-0.3, -0.25) is 4.68 Å². The fourth-order valence-corrected chi connectivity index (χ4v) is 1.56. The number of rotatable bonds is 4. The average molecular weight is 206 g/mol. The van der Waals surface area contributed by atoms with Gasteiger partial charge in [0.2, 0.25) is 0 Å². The molecule has 0 bridgehead atoms. The van der Waals surface area contributed by atoms with Crippen molar-refractivity contribution in [3.63, 3.8) is 0 Å². The van der Waals surface area contributed by atoms with Crippen molar-refractivity contribution in [1.82, 2.24) is 9.78 Å². The van der Waals surface area contributed by atoms with Crippen LogP contribution in [0.1, 0.15) is 41.9 Å². The van der Waals surface area contributed by atoms with Crippen LogP contribution >= 0.6 is 0 Å². The average Bonchev–Trinajstić information content (AvgIpc) is 2.88. The van der Waals surface area contributed by atoms with Gasteiger partial charge in [0.05, 0.1) is 12.2 Å². The molecule has 0 radical (unpaired) electrons. The SMILES string of the molecule is C=C(C)Cn1nc(C2CC2)cc1C(=O)O. The lowest BCUT2D eigenvalue weighted by Gasteiger charge is -2.02. The van der Waals surface area contributed by atoms with E-state index >= 15 is 0 Å². The van der Waals surface area contributed by atoms with E-state index in [4.69, 9.17) is 5.11 Å². The number of carboxylic acid groups (broad SMARTS) is 1. The van der Waals surface area contributed by atoms with Gasteiger partial charge >= 0.3 is 5.97 Å². The molecular weight excluding hydrogens is 192 g/mol. The van der Waals surface area contributed by atoms with Crippen LogP contribution in [0.4, 0.5) is 0 Å². The van der Waals surface area contributed by atoms with Crippen LogP contribution in [0.15, 0.2) is 18.2 Å². The zero-order valence-corrected chi connectivity index (χ0v) is 8.73. The van der Waals surface area contributed by atoms with Gasteiger partial charge in [0.1, 0.15) is 5.69 Å². The number of hydrogen-bond donors (Lipinski definition) is 1. The molecule has 4 heteroatoms. The van der Waals surface area contributed by atoms with Gasteiger partial charge in [-0.15, -0.1) is 0 Å². The third-order valence-corrected chi connectivity index (χ3v) is 2.43. The van der Waals surface area contributed by atoms with E-state index in [1.807, 2.05) is 6.92 Å². The number of aromatic nitrogens is 2. The number of carboxylic acids is 1. The van der Waals surface area contributed by atoms with Gasteiger partial charge in [-0.2, -0.15) is 5.10 Å². The first-order valence-electron chi connectivity index (χ1n) is 5.03. The van der Waals surface area contributed by atoms with E-state index in [1.165, 1.54) is 4.68 Å². The first-order chi connectivity index (χ1) is 7.08. The second kappa shape index (κ2) is 3.53. The van der Waals surface area contributed by atoms with Crippen LogP contribution in [0.3, 0.4) is 0 Å². The Kier molecular flexibility index (Phi) is 2.34. The molecule has 1 N–H and O–H groups in total. The zero-order valence-electron chi connectivity index (χ0n) is 8.73. The van der Waals surface area contributed by atoms with Crippen molar-refractivity contribution in [3.8, 4) is 0 Å². The maximum Gasteiger partial charge on any atom is 0.354 e. The van der Waals surface area contributed by atoms with E-state index < -0.39 is 5.97 Å². The molecule has 1 saturated carbocycles. The fraction of sp³-hybridized carbons (Fsp3) is 0.455. The van der Waals surface area contributed by atoms with Crippen molar-refractivity contribution in [2.24, 2.45) is 0 Å². The predicted octanol–water partition coefficient (Wildman–Crippen LogP) is 2.03. The molecule has 0 amide bonds. The van der Waals surface area contributed by atoms with E-state index in [9.17, 15) is 4.79 Å². The van der Waals surface area contributed by atoms with E-state index in [-0.39, 0.29) is 5.69 Å². The minimum absolute atomic E-state index is 0.264. The summed E-state index contributed by atoms with van der Waals surface area (Å²) in [5, 5.41) is 13.3. The minimum atomic E-state index is -0.921. The third kappa shape index (κ3) is 2.09. The molecule has 1 heterocycles. The summed E-state index contributed by atoms with van der Waals surface area (Å²) in [4.78, 5) is 11.0. The van der Waals surface area contributed by atoms with Gasteiger partial charge < -0.3 is 5.11 Å². The highest BCUT2D eigenvalue weighted by atomic mass is 16.4. The van der Waals surface area contributed by atoms with Gasteiger partial charge in [0, 0.05) is 5.92 Å². The molecule has 0 aromatic carbocycles. The molecule has 15 heavy (non-hydrogen) atoms. The Morgan fingerprint density at radius 1 is 1.73 bits per heavy atom. The monoisotopic (exact) mass is 206 g/mol. The quantitative estimate of drug-likeness (QED) is 0.767. The van der Waals surface area contributed by atoms with Crippen molar-refractivity contribution >= 4 is 5.97 Å². The number of carbonyl (C=O) groups is 1. The maximum atomic E-state index is 11.0. The second-order valence-electron chi connectivity index (χ2n) is 4.15. The van der Waals surface area contributed by atoms with Gasteiger partial charge in [0.15, 0.2) is 0 Å². The molecule has 2 rings (SSSR count). The van der Waals surface area contributed by atoms with E-state index in [0.29, 0.717) is 12.5 Å². The fourth-order valence-electron chi connectivity index (χ4n) is 1.56. The molecule has 0 aliphatic heterocycles. The lowest BCUT2D eigenvalue weighted by atomic mass is 10.2. The number of nitrogens with zero attached hydrogens (tertiary/aromatic N) is 2. The van der Waals surface area contributed by atoms with Crippen LogP contribution in [-0.2, 0) is 6.54 Å². The Morgan fingerprint density at radius 3 is 2.87 bits per heavy atom. The molecule has 4 nitrogen and oxygen atoms in total. The van der Waals surface area contributed by atoms with Crippen molar-refractivity contribution in [2.75, 3.05) is 0 Å². The van der Waals surface area contributed by atoms with E-state index in [1.54, 1.807) is 6.07 Å². The molecule has 1 fully saturated rings. The lowest BCUT2D eigenvalue weighted by Crippen LogP contribution is -2.10. The van der Waals surface area contributed by atoms with Gasteiger partial charge in [-0.1, -0.05) is 12.2 Å². The van der Waals surface area contributed by atoms with Gasteiger partial charge in [-0.05, 0) is 25.8 Å². The molecule has 0 saturated heterocycles. The van der Waals surface area contributed by atoms with Crippen molar-refractivity contribution < 1.29 is 9.90 Å². The van der Waals surface area contributed by atoms with Crippen LogP contribution in [0, 0.1) is 0 Å². The number of allylic oxidation sites excluding steroid dienone is 1. The summed E-state index contributed by atoms with van der Waals surface area (Å²) >= 11 is 0. The first kappa shape index (κ1) is 9.96. The lowest BCUT2D eigenvalue weighted by molar-refractivity contribution is 0.0684. The largest absolute Gasteiger partial charge is 0.477 e.